The molecule has 0 aliphatic heterocycles. The molecule has 0 saturated carbocycles. The van der Waals surface area contributed by atoms with Gasteiger partial charge in [0.25, 0.3) is 0 Å². The average Bonchev–Trinajstić information content (AvgIpc) is 2.41. The van der Waals surface area contributed by atoms with Gasteiger partial charge in [-0.25, -0.2) is 0 Å². The Morgan fingerprint density at radius 3 is 1.59 bits per heavy atom. The van der Waals surface area contributed by atoms with Gasteiger partial charge in [0, 0.05) is 0 Å². The van der Waals surface area contributed by atoms with E-state index in [2.05, 4.69) is 74.5 Å². The second kappa shape index (κ2) is 5.72. The molecule has 0 heterocycles. The van der Waals surface area contributed by atoms with Gasteiger partial charge in [0.2, 0.25) is 6.71 Å². The van der Waals surface area contributed by atoms with Crippen LogP contribution in [0, 0.1) is 0 Å². The Labute approximate surface area is 105 Å². The van der Waals surface area contributed by atoms with E-state index in [0.29, 0.717) is 12.5 Å². The van der Waals surface area contributed by atoms with Gasteiger partial charge in [-0.15, -0.1) is 0 Å². The molecule has 0 spiro atoms. The topological polar surface area (TPSA) is 0 Å². The summed E-state index contributed by atoms with van der Waals surface area (Å²) in [6.07, 6.45) is 1.20. The molecule has 2 rings (SSSR count). The summed E-state index contributed by atoms with van der Waals surface area (Å²) in [6.45, 7) is 5.12. The molecule has 1 atom stereocenters. The van der Waals surface area contributed by atoms with Crippen molar-refractivity contribution in [2.24, 2.45) is 0 Å². The maximum absolute atomic E-state index is 2.34. The Balaban J connectivity index is 2.39. The van der Waals surface area contributed by atoms with Crippen molar-refractivity contribution < 1.29 is 0 Å². The molecule has 0 N–H and O–H groups in total. The molecule has 0 nitrogen and oxygen atoms in total. The first-order chi connectivity index (χ1) is 8.33. The van der Waals surface area contributed by atoms with Gasteiger partial charge in [-0.1, -0.05) is 97.7 Å². The minimum atomic E-state index is 0.516. The van der Waals surface area contributed by atoms with Crippen molar-refractivity contribution >= 4 is 17.6 Å². The molecule has 0 fully saturated rings. The molecule has 0 aliphatic carbocycles. The highest BCUT2D eigenvalue weighted by Crippen LogP contribution is 2.14. The second-order valence-corrected chi connectivity index (χ2v) is 4.68. The first-order valence-electron chi connectivity index (χ1n) is 6.42. The SMILES string of the molecule is CCC(C)B(c1ccccc1)c1ccccc1. The summed E-state index contributed by atoms with van der Waals surface area (Å²) in [5.41, 5.74) is 2.85. The van der Waals surface area contributed by atoms with Crippen LogP contribution in [0.5, 0.6) is 0 Å². The van der Waals surface area contributed by atoms with Gasteiger partial charge in [0.15, 0.2) is 0 Å². The Kier molecular flexibility index (Phi) is 4.03. The van der Waals surface area contributed by atoms with Crippen LogP contribution in [0.25, 0.3) is 0 Å². The van der Waals surface area contributed by atoms with Crippen molar-refractivity contribution in [1.82, 2.24) is 0 Å². The van der Waals surface area contributed by atoms with Crippen molar-refractivity contribution in [3.63, 3.8) is 0 Å². The van der Waals surface area contributed by atoms with Crippen molar-refractivity contribution in [3.05, 3.63) is 60.7 Å². The molecule has 1 heteroatoms. The molecule has 0 bridgehead atoms. The zero-order chi connectivity index (χ0) is 12.1. The standard InChI is InChI=1S/C16H19B/c1-3-14(2)17(15-10-6-4-7-11-15)16-12-8-5-9-13-16/h4-14H,3H2,1-2H3. The fourth-order valence-corrected chi connectivity index (χ4v) is 2.41. The zero-order valence-electron chi connectivity index (χ0n) is 10.6. The fourth-order valence-electron chi connectivity index (χ4n) is 2.41. The van der Waals surface area contributed by atoms with Crippen molar-refractivity contribution in [3.8, 4) is 0 Å². The third-order valence-corrected chi connectivity index (χ3v) is 3.53. The first kappa shape index (κ1) is 12.0. The van der Waals surface area contributed by atoms with Crippen LogP contribution in [0.1, 0.15) is 20.3 Å². The molecule has 2 aromatic carbocycles. The van der Waals surface area contributed by atoms with Crippen molar-refractivity contribution in [1.29, 1.82) is 0 Å². The summed E-state index contributed by atoms with van der Waals surface area (Å²) < 4.78 is 0. The second-order valence-electron chi connectivity index (χ2n) is 4.68. The summed E-state index contributed by atoms with van der Waals surface area (Å²) in [5.74, 6) is 0.666. The van der Waals surface area contributed by atoms with Crippen LogP contribution < -0.4 is 10.9 Å². The number of hydrogen-bond donors (Lipinski definition) is 0. The lowest BCUT2D eigenvalue weighted by Crippen LogP contribution is -2.45. The number of hydrogen-bond acceptors (Lipinski definition) is 0. The van der Waals surface area contributed by atoms with E-state index >= 15 is 0 Å². The minimum Gasteiger partial charge on any atom is -0.0739 e. The van der Waals surface area contributed by atoms with Crippen LogP contribution >= 0.6 is 0 Å². The molecule has 17 heavy (non-hydrogen) atoms. The van der Waals surface area contributed by atoms with Gasteiger partial charge >= 0.3 is 0 Å². The fraction of sp³-hybridized carbons (Fsp3) is 0.250. The van der Waals surface area contributed by atoms with E-state index in [1.807, 2.05) is 0 Å². The van der Waals surface area contributed by atoms with E-state index in [4.69, 9.17) is 0 Å². The highest BCUT2D eigenvalue weighted by Gasteiger charge is 2.23. The van der Waals surface area contributed by atoms with Crippen LogP contribution in [0.15, 0.2) is 60.7 Å². The predicted octanol–water partition coefficient (Wildman–Crippen LogP) is 3.10. The van der Waals surface area contributed by atoms with E-state index in [0.717, 1.165) is 0 Å². The lowest BCUT2D eigenvalue weighted by molar-refractivity contribution is 0.866. The van der Waals surface area contributed by atoms with Gasteiger partial charge in [-0.3, -0.25) is 0 Å². The van der Waals surface area contributed by atoms with E-state index in [1.165, 1.54) is 17.3 Å². The summed E-state index contributed by atoms with van der Waals surface area (Å²) in [6, 6.07) is 21.7. The van der Waals surface area contributed by atoms with Gasteiger partial charge < -0.3 is 0 Å². The molecule has 0 aliphatic rings. The van der Waals surface area contributed by atoms with E-state index in [1.54, 1.807) is 0 Å². The molecule has 0 radical (unpaired) electrons. The van der Waals surface area contributed by atoms with Crippen molar-refractivity contribution in [2.45, 2.75) is 26.1 Å². The molecule has 0 aromatic heterocycles. The maximum Gasteiger partial charge on any atom is 0.212 e. The summed E-state index contributed by atoms with van der Waals surface area (Å²) in [5, 5.41) is 0. The molecule has 2 aromatic rings. The smallest absolute Gasteiger partial charge is 0.0739 e. The number of rotatable bonds is 4. The molecular weight excluding hydrogens is 203 g/mol. The van der Waals surface area contributed by atoms with E-state index in [-0.39, 0.29) is 0 Å². The van der Waals surface area contributed by atoms with Gasteiger partial charge in [-0.2, -0.15) is 0 Å². The zero-order valence-corrected chi connectivity index (χ0v) is 10.6. The highest BCUT2D eigenvalue weighted by molar-refractivity contribution is 6.86. The van der Waals surface area contributed by atoms with Gasteiger partial charge in [0.05, 0.1) is 0 Å². The Morgan fingerprint density at radius 2 is 1.24 bits per heavy atom. The van der Waals surface area contributed by atoms with E-state index < -0.39 is 0 Å². The van der Waals surface area contributed by atoms with E-state index in [9.17, 15) is 0 Å². The highest BCUT2D eigenvalue weighted by atomic mass is 14.0. The predicted molar refractivity (Wildman–Crippen MR) is 77.6 cm³/mol. The third-order valence-electron chi connectivity index (χ3n) is 3.53. The van der Waals surface area contributed by atoms with Crippen LogP contribution in [-0.2, 0) is 0 Å². The Hall–Kier alpha value is -1.50. The van der Waals surface area contributed by atoms with Crippen LogP contribution in [0.2, 0.25) is 5.82 Å². The lowest BCUT2D eigenvalue weighted by atomic mass is 9.33. The summed E-state index contributed by atoms with van der Waals surface area (Å²) in [4.78, 5) is 0. The third kappa shape index (κ3) is 2.79. The molecule has 0 amide bonds. The van der Waals surface area contributed by atoms with Crippen LogP contribution in [-0.4, -0.2) is 6.71 Å². The van der Waals surface area contributed by atoms with Gasteiger partial charge in [-0.05, 0) is 0 Å². The molecule has 0 saturated heterocycles. The average molecular weight is 222 g/mol. The molecule has 86 valence electrons. The quantitative estimate of drug-likeness (QED) is 0.697. The molecular formula is C16H19B. The van der Waals surface area contributed by atoms with Gasteiger partial charge in [0.1, 0.15) is 0 Å². The van der Waals surface area contributed by atoms with Crippen LogP contribution in [0.3, 0.4) is 0 Å². The summed E-state index contributed by atoms with van der Waals surface area (Å²) >= 11 is 0. The Bertz CT molecular complexity index is 396. The maximum atomic E-state index is 2.34. The van der Waals surface area contributed by atoms with Crippen LogP contribution in [0.4, 0.5) is 0 Å². The Morgan fingerprint density at radius 1 is 0.824 bits per heavy atom. The lowest BCUT2D eigenvalue weighted by Gasteiger charge is -2.20. The monoisotopic (exact) mass is 222 g/mol. The minimum absolute atomic E-state index is 0.516. The number of benzene rings is 2. The van der Waals surface area contributed by atoms with Crippen molar-refractivity contribution in [2.75, 3.05) is 0 Å². The molecule has 1 unspecified atom stereocenters. The summed E-state index contributed by atoms with van der Waals surface area (Å²) in [7, 11) is 0. The normalized spacial score (nSPS) is 12.1. The first-order valence-corrected chi connectivity index (χ1v) is 6.42. The largest absolute Gasteiger partial charge is 0.212 e.